The highest BCUT2D eigenvalue weighted by Gasteiger charge is 2.54. The van der Waals surface area contributed by atoms with Crippen LogP contribution in [0, 0.1) is 29.9 Å². The van der Waals surface area contributed by atoms with E-state index in [9.17, 15) is 9.65 Å². The third kappa shape index (κ3) is 10.9. The summed E-state index contributed by atoms with van der Waals surface area (Å²) in [6.45, 7) is 20.6. The first-order valence-corrected chi connectivity index (χ1v) is 24.9. The predicted molar refractivity (Wildman–Crippen MR) is 239 cm³/mol. The number of halogens is 2. The summed E-state index contributed by atoms with van der Waals surface area (Å²) in [6, 6.07) is 30.0. The maximum absolute atomic E-state index is 16.2. The molecule has 2 unspecified atom stereocenters. The van der Waals surface area contributed by atoms with Gasteiger partial charge < -0.3 is 32.4 Å². The Morgan fingerprint density at radius 1 is 0.803 bits per heavy atom. The largest absolute Gasteiger partial charge is 0.497 e. The number of rotatable bonds is 19. The second-order valence-corrected chi connectivity index (χ2v) is 23.7. The SMILES string of the molecule is COc1ccc(C(OC[C@H]2O[C@@H](c3cc(C)c(F)cc3F)[C@@H](O[Si](C)(C)C(C)(C)C)C2OP(OCCC#N)N(C(C)C)C(C)C)(c2ccccc2)c2ccc(OC)cc2)cc1. The molecule has 0 saturated carbocycles. The number of nitrogens with zero attached hydrogens (tertiary/aromatic N) is 2. The molecule has 0 radical (unpaired) electrons. The van der Waals surface area contributed by atoms with E-state index in [-0.39, 0.29) is 47.9 Å². The van der Waals surface area contributed by atoms with Crippen LogP contribution in [0.3, 0.4) is 0 Å². The van der Waals surface area contributed by atoms with E-state index in [0.29, 0.717) is 11.5 Å². The monoisotopic (exact) mass is 876 g/mol. The van der Waals surface area contributed by atoms with Crippen LogP contribution in [0.25, 0.3) is 0 Å². The second kappa shape index (κ2) is 20.6. The van der Waals surface area contributed by atoms with Crippen LogP contribution in [-0.4, -0.2) is 70.8 Å². The Kier molecular flexibility index (Phi) is 16.3. The predicted octanol–water partition coefficient (Wildman–Crippen LogP) is 11.8. The van der Waals surface area contributed by atoms with Gasteiger partial charge in [0.2, 0.25) is 0 Å². The molecule has 1 aliphatic rings. The molecule has 13 heteroatoms. The zero-order chi connectivity index (χ0) is 44.7. The Morgan fingerprint density at radius 2 is 1.34 bits per heavy atom. The van der Waals surface area contributed by atoms with E-state index >= 15 is 4.39 Å². The minimum Gasteiger partial charge on any atom is -0.497 e. The number of aryl methyl sites for hydroxylation is 1. The van der Waals surface area contributed by atoms with Crippen molar-refractivity contribution in [3.05, 3.63) is 130 Å². The molecule has 1 fully saturated rings. The van der Waals surface area contributed by atoms with Gasteiger partial charge in [-0.15, -0.1) is 0 Å². The molecule has 4 aromatic rings. The molecule has 1 aliphatic heterocycles. The van der Waals surface area contributed by atoms with Crippen molar-refractivity contribution < 1.29 is 41.2 Å². The Morgan fingerprint density at radius 3 is 1.84 bits per heavy atom. The number of methoxy groups -OCH3 is 2. The van der Waals surface area contributed by atoms with Gasteiger partial charge in [-0.1, -0.05) is 75.4 Å². The molecule has 1 saturated heterocycles. The van der Waals surface area contributed by atoms with Gasteiger partial charge in [0, 0.05) is 23.7 Å². The van der Waals surface area contributed by atoms with Crippen LogP contribution < -0.4 is 9.47 Å². The van der Waals surface area contributed by atoms with Crippen molar-refractivity contribution >= 4 is 16.8 Å². The highest BCUT2D eigenvalue weighted by molar-refractivity contribution is 7.44. The summed E-state index contributed by atoms with van der Waals surface area (Å²) < 4.78 is 79.9. The molecular weight excluding hydrogens is 814 g/mol. The Hall–Kier alpha value is -3.76. The molecule has 0 spiro atoms. The minimum atomic E-state index is -2.66. The molecule has 0 amide bonds. The van der Waals surface area contributed by atoms with Gasteiger partial charge in [0.1, 0.15) is 53.2 Å². The fourth-order valence-electron chi connectivity index (χ4n) is 7.46. The molecule has 0 aliphatic carbocycles. The maximum atomic E-state index is 16.2. The van der Waals surface area contributed by atoms with E-state index in [4.69, 9.17) is 32.4 Å². The quantitative estimate of drug-likeness (QED) is 0.0395. The molecular formula is C48H63F2N2O7PSi. The Labute approximate surface area is 364 Å². The lowest BCUT2D eigenvalue weighted by molar-refractivity contribution is -0.0810. The average molecular weight is 877 g/mol. The van der Waals surface area contributed by atoms with Gasteiger partial charge >= 0.3 is 0 Å². The topological polar surface area (TPSA) is 91.6 Å². The van der Waals surface area contributed by atoms with Crippen molar-refractivity contribution in [2.75, 3.05) is 27.4 Å². The number of hydrogen-bond donors (Lipinski definition) is 0. The Balaban J connectivity index is 1.74. The zero-order valence-corrected chi connectivity index (χ0v) is 39.6. The first-order chi connectivity index (χ1) is 28.9. The lowest BCUT2D eigenvalue weighted by Gasteiger charge is -2.42. The van der Waals surface area contributed by atoms with E-state index in [1.54, 1.807) is 21.1 Å². The standard InChI is InChI=1S/C48H63F2N2O7PSi/c1-32(2)52(33(3)4)60(56-28-16-27-51)58-45-43(57-44(40-29-34(5)41(49)30-42(40)50)46(45)59-61(11,12)47(6,7)8)31-55-48(35-17-14-13-15-18-35,36-19-23-38(53-9)24-20-36)37-21-25-39(54-10)26-22-37/h13-15,17-26,29-30,32-33,43-46H,16,28,31H2,1-12H3/t43-,44+,45?,46-,60?/m1/s1. The highest BCUT2D eigenvalue weighted by Crippen LogP contribution is 2.53. The number of nitriles is 1. The molecule has 1 heterocycles. The lowest BCUT2D eigenvalue weighted by atomic mass is 9.80. The van der Waals surface area contributed by atoms with Gasteiger partial charge in [-0.25, -0.2) is 13.5 Å². The van der Waals surface area contributed by atoms with Crippen LogP contribution in [-0.2, 0) is 28.5 Å². The van der Waals surface area contributed by atoms with Crippen molar-refractivity contribution in [1.29, 1.82) is 5.26 Å². The summed E-state index contributed by atoms with van der Waals surface area (Å²) in [4.78, 5) is 0. The van der Waals surface area contributed by atoms with Crippen LogP contribution >= 0.6 is 8.53 Å². The van der Waals surface area contributed by atoms with Crippen LogP contribution in [0.4, 0.5) is 8.78 Å². The lowest BCUT2D eigenvalue weighted by Crippen LogP contribution is -2.49. The van der Waals surface area contributed by atoms with Crippen LogP contribution in [0.2, 0.25) is 18.1 Å². The third-order valence-electron chi connectivity index (χ3n) is 11.6. The summed E-state index contributed by atoms with van der Waals surface area (Å²) >= 11 is 0. The smallest absolute Gasteiger partial charge is 0.259 e. The zero-order valence-electron chi connectivity index (χ0n) is 37.7. The van der Waals surface area contributed by atoms with Gasteiger partial charge in [-0.05, 0) is 105 Å². The molecule has 4 aromatic carbocycles. The van der Waals surface area contributed by atoms with Gasteiger partial charge in [0.15, 0.2) is 8.32 Å². The molecule has 0 aromatic heterocycles. The van der Waals surface area contributed by atoms with Crippen molar-refractivity contribution in [1.82, 2.24) is 4.67 Å². The number of ether oxygens (including phenoxy) is 4. The van der Waals surface area contributed by atoms with E-state index in [2.05, 4.69) is 72.3 Å². The van der Waals surface area contributed by atoms with Gasteiger partial charge in [0.25, 0.3) is 8.53 Å². The van der Waals surface area contributed by atoms with Crippen molar-refractivity contribution in [2.45, 2.75) is 122 Å². The number of benzene rings is 4. The molecule has 9 nitrogen and oxygen atoms in total. The number of hydrogen-bond acceptors (Lipinski definition) is 9. The average Bonchev–Trinajstić information content (AvgIpc) is 3.54. The van der Waals surface area contributed by atoms with E-state index < -0.39 is 58.5 Å². The molecule has 0 N–H and O–H groups in total. The first kappa shape index (κ1) is 48.3. The van der Waals surface area contributed by atoms with Gasteiger partial charge in [-0.2, -0.15) is 5.26 Å². The highest BCUT2D eigenvalue weighted by atomic mass is 31.2. The maximum Gasteiger partial charge on any atom is 0.259 e. The second-order valence-electron chi connectivity index (χ2n) is 17.5. The molecule has 61 heavy (non-hydrogen) atoms. The van der Waals surface area contributed by atoms with E-state index in [0.717, 1.165) is 22.8 Å². The van der Waals surface area contributed by atoms with E-state index in [1.807, 2.05) is 78.9 Å². The van der Waals surface area contributed by atoms with E-state index in [1.165, 1.54) is 6.07 Å². The summed E-state index contributed by atoms with van der Waals surface area (Å²) in [5.74, 6) is -0.0318. The fraction of sp³-hybridized carbons (Fsp3) is 0.479. The van der Waals surface area contributed by atoms with Gasteiger partial charge in [-0.3, -0.25) is 0 Å². The third-order valence-corrected chi connectivity index (χ3v) is 18.2. The Bertz CT molecular complexity index is 2000. The van der Waals surface area contributed by atoms with Crippen molar-refractivity contribution in [2.24, 2.45) is 0 Å². The summed E-state index contributed by atoms with van der Waals surface area (Å²) in [6.07, 6.45) is -3.46. The fourth-order valence-corrected chi connectivity index (χ4v) is 10.5. The van der Waals surface area contributed by atoms with Gasteiger partial charge in [0.05, 0.1) is 39.9 Å². The van der Waals surface area contributed by atoms with Crippen molar-refractivity contribution in [3.8, 4) is 17.6 Å². The molecule has 0 bridgehead atoms. The van der Waals surface area contributed by atoms with Crippen LogP contribution in [0.1, 0.15) is 88.8 Å². The molecule has 5 rings (SSSR count). The minimum absolute atomic E-state index is 0.00570. The first-order valence-electron chi connectivity index (χ1n) is 20.9. The molecule has 330 valence electrons. The van der Waals surface area contributed by atoms with Crippen molar-refractivity contribution in [3.63, 3.8) is 0 Å². The van der Waals surface area contributed by atoms with Crippen LogP contribution in [0.15, 0.2) is 91.0 Å². The van der Waals surface area contributed by atoms with Crippen LogP contribution in [0.5, 0.6) is 11.5 Å². The summed E-state index contributed by atoms with van der Waals surface area (Å²) in [7, 11) is -1.25. The summed E-state index contributed by atoms with van der Waals surface area (Å²) in [5.41, 5.74) is 1.71. The summed E-state index contributed by atoms with van der Waals surface area (Å²) in [5, 5.41) is 9.26. The molecule has 5 atom stereocenters. The normalized spacial score (nSPS) is 19.1.